The van der Waals surface area contributed by atoms with E-state index in [9.17, 15) is 9.59 Å². The largest absolute Gasteiger partial charge is 0.481 e. The summed E-state index contributed by atoms with van der Waals surface area (Å²) in [7, 11) is 0. The standard InChI is InChI=1S/C15H20N2O3/c1-10-8-17(9-11(10)2)15(20)16-13-5-3-4-12(6-13)7-14(18)19/h3-6,10-11H,7-9H2,1-2H3,(H,16,20)(H,18,19). The fourth-order valence-corrected chi connectivity index (χ4v) is 2.43. The van der Waals surface area contributed by atoms with Gasteiger partial charge in [0.25, 0.3) is 0 Å². The third-order valence-electron chi connectivity index (χ3n) is 3.81. The number of rotatable bonds is 3. The lowest BCUT2D eigenvalue weighted by atomic mass is 10.0. The number of carboxylic acids is 1. The molecule has 2 rings (SSSR count). The monoisotopic (exact) mass is 276 g/mol. The maximum absolute atomic E-state index is 12.1. The molecule has 1 saturated heterocycles. The number of carbonyl (C=O) groups is 2. The molecule has 1 aromatic carbocycles. The Kier molecular flexibility index (Phi) is 4.27. The number of carboxylic acid groups (broad SMARTS) is 1. The quantitative estimate of drug-likeness (QED) is 0.890. The maximum Gasteiger partial charge on any atom is 0.321 e. The first-order chi connectivity index (χ1) is 9.45. The van der Waals surface area contributed by atoms with Crippen LogP contribution in [0.2, 0.25) is 0 Å². The predicted octanol–water partition coefficient (Wildman–Crippen LogP) is 2.43. The van der Waals surface area contributed by atoms with Crippen LogP contribution in [0.5, 0.6) is 0 Å². The number of aliphatic carboxylic acids is 1. The highest BCUT2D eigenvalue weighted by atomic mass is 16.4. The van der Waals surface area contributed by atoms with Gasteiger partial charge in [0, 0.05) is 18.8 Å². The molecule has 1 heterocycles. The maximum atomic E-state index is 12.1. The first-order valence-corrected chi connectivity index (χ1v) is 6.82. The van der Waals surface area contributed by atoms with E-state index in [1.54, 1.807) is 29.2 Å². The minimum atomic E-state index is -0.879. The average Bonchev–Trinajstić information content (AvgIpc) is 2.69. The number of benzene rings is 1. The summed E-state index contributed by atoms with van der Waals surface area (Å²) in [5.41, 5.74) is 1.32. The number of urea groups is 1. The van der Waals surface area contributed by atoms with E-state index >= 15 is 0 Å². The zero-order valence-electron chi connectivity index (χ0n) is 11.8. The first kappa shape index (κ1) is 14.4. The fraction of sp³-hybridized carbons (Fsp3) is 0.467. The predicted molar refractivity (Wildman–Crippen MR) is 76.7 cm³/mol. The van der Waals surface area contributed by atoms with Crippen LogP contribution in [0.15, 0.2) is 24.3 Å². The molecular formula is C15H20N2O3. The Morgan fingerprint density at radius 2 is 1.95 bits per heavy atom. The van der Waals surface area contributed by atoms with Gasteiger partial charge in [-0.25, -0.2) is 4.79 Å². The Hall–Kier alpha value is -2.04. The van der Waals surface area contributed by atoms with Crippen molar-refractivity contribution < 1.29 is 14.7 Å². The van der Waals surface area contributed by atoms with Gasteiger partial charge in [0.1, 0.15) is 0 Å². The molecule has 2 atom stereocenters. The smallest absolute Gasteiger partial charge is 0.321 e. The van der Waals surface area contributed by atoms with E-state index < -0.39 is 5.97 Å². The zero-order valence-corrected chi connectivity index (χ0v) is 11.8. The number of hydrogen-bond acceptors (Lipinski definition) is 2. The Balaban J connectivity index is 1.99. The minimum Gasteiger partial charge on any atom is -0.481 e. The Bertz CT molecular complexity index is 506. The fourth-order valence-electron chi connectivity index (χ4n) is 2.43. The van der Waals surface area contributed by atoms with E-state index in [1.165, 1.54) is 0 Å². The molecule has 0 aromatic heterocycles. The van der Waals surface area contributed by atoms with Crippen molar-refractivity contribution in [2.45, 2.75) is 20.3 Å². The molecule has 0 radical (unpaired) electrons. The van der Waals surface area contributed by atoms with E-state index in [0.29, 0.717) is 23.1 Å². The summed E-state index contributed by atoms with van der Waals surface area (Å²) < 4.78 is 0. The molecular weight excluding hydrogens is 256 g/mol. The van der Waals surface area contributed by atoms with Gasteiger partial charge >= 0.3 is 12.0 Å². The normalized spacial score (nSPS) is 21.8. The molecule has 1 aromatic rings. The van der Waals surface area contributed by atoms with Crippen molar-refractivity contribution >= 4 is 17.7 Å². The average molecular weight is 276 g/mol. The van der Waals surface area contributed by atoms with Crippen LogP contribution in [-0.4, -0.2) is 35.1 Å². The van der Waals surface area contributed by atoms with Crippen molar-refractivity contribution in [1.29, 1.82) is 0 Å². The van der Waals surface area contributed by atoms with Gasteiger partial charge in [-0.3, -0.25) is 4.79 Å². The molecule has 1 aliphatic heterocycles. The van der Waals surface area contributed by atoms with Crippen LogP contribution in [0.1, 0.15) is 19.4 Å². The van der Waals surface area contributed by atoms with Crippen molar-refractivity contribution in [2.75, 3.05) is 18.4 Å². The van der Waals surface area contributed by atoms with E-state index in [2.05, 4.69) is 19.2 Å². The number of likely N-dealkylation sites (tertiary alicyclic amines) is 1. The zero-order chi connectivity index (χ0) is 14.7. The van der Waals surface area contributed by atoms with Gasteiger partial charge in [-0.1, -0.05) is 26.0 Å². The van der Waals surface area contributed by atoms with Crippen molar-refractivity contribution in [1.82, 2.24) is 4.90 Å². The molecule has 2 N–H and O–H groups in total. The highest BCUT2D eigenvalue weighted by Gasteiger charge is 2.29. The molecule has 0 aliphatic carbocycles. The van der Waals surface area contributed by atoms with Gasteiger partial charge in [0.05, 0.1) is 6.42 Å². The van der Waals surface area contributed by atoms with Gasteiger partial charge in [0.15, 0.2) is 0 Å². The molecule has 5 nitrogen and oxygen atoms in total. The second kappa shape index (κ2) is 5.94. The van der Waals surface area contributed by atoms with Crippen molar-refractivity contribution in [3.05, 3.63) is 29.8 Å². The van der Waals surface area contributed by atoms with Crippen molar-refractivity contribution in [3.63, 3.8) is 0 Å². The second-order valence-corrected chi connectivity index (χ2v) is 5.56. The number of nitrogens with one attached hydrogen (secondary N) is 1. The Labute approximate surface area is 118 Å². The van der Waals surface area contributed by atoms with Gasteiger partial charge in [-0.15, -0.1) is 0 Å². The van der Waals surface area contributed by atoms with E-state index in [4.69, 9.17) is 5.11 Å². The molecule has 2 unspecified atom stereocenters. The molecule has 0 saturated carbocycles. The molecule has 0 spiro atoms. The van der Waals surface area contributed by atoms with Crippen LogP contribution in [0.3, 0.4) is 0 Å². The van der Waals surface area contributed by atoms with Gasteiger partial charge < -0.3 is 15.3 Å². The van der Waals surface area contributed by atoms with Crippen LogP contribution < -0.4 is 5.32 Å². The number of hydrogen-bond donors (Lipinski definition) is 2. The Morgan fingerprint density at radius 3 is 2.55 bits per heavy atom. The summed E-state index contributed by atoms with van der Waals surface area (Å²) in [6, 6.07) is 6.85. The second-order valence-electron chi connectivity index (χ2n) is 5.56. The summed E-state index contributed by atoms with van der Waals surface area (Å²) in [4.78, 5) is 24.6. The van der Waals surface area contributed by atoms with Gasteiger partial charge in [0.2, 0.25) is 0 Å². The van der Waals surface area contributed by atoms with E-state index in [-0.39, 0.29) is 12.5 Å². The topological polar surface area (TPSA) is 69.6 Å². The van der Waals surface area contributed by atoms with Gasteiger partial charge in [-0.05, 0) is 29.5 Å². The van der Waals surface area contributed by atoms with Crippen LogP contribution in [0.25, 0.3) is 0 Å². The number of nitrogens with zero attached hydrogens (tertiary/aromatic N) is 1. The third-order valence-corrected chi connectivity index (χ3v) is 3.81. The van der Waals surface area contributed by atoms with Gasteiger partial charge in [-0.2, -0.15) is 0 Å². The summed E-state index contributed by atoms with van der Waals surface area (Å²) in [5, 5.41) is 11.6. The van der Waals surface area contributed by atoms with E-state index in [0.717, 1.165) is 13.1 Å². The summed E-state index contributed by atoms with van der Waals surface area (Å²) in [6.07, 6.45) is -0.0402. The molecule has 5 heteroatoms. The van der Waals surface area contributed by atoms with Crippen molar-refractivity contribution in [2.24, 2.45) is 11.8 Å². The van der Waals surface area contributed by atoms with E-state index in [1.807, 2.05) is 0 Å². The SMILES string of the molecule is CC1CN(C(=O)Nc2cccc(CC(=O)O)c2)CC1C. The number of anilines is 1. The van der Waals surface area contributed by atoms with Crippen LogP contribution in [-0.2, 0) is 11.2 Å². The summed E-state index contributed by atoms with van der Waals surface area (Å²) in [5.74, 6) is 0.147. The van der Waals surface area contributed by atoms with Crippen LogP contribution >= 0.6 is 0 Å². The Morgan fingerprint density at radius 1 is 1.30 bits per heavy atom. The van der Waals surface area contributed by atoms with Crippen molar-refractivity contribution in [3.8, 4) is 0 Å². The first-order valence-electron chi connectivity index (χ1n) is 6.82. The lowest BCUT2D eigenvalue weighted by Crippen LogP contribution is -2.33. The number of carbonyl (C=O) groups excluding carboxylic acids is 1. The van der Waals surface area contributed by atoms with Crippen LogP contribution in [0, 0.1) is 11.8 Å². The lowest BCUT2D eigenvalue weighted by molar-refractivity contribution is -0.136. The molecule has 0 bridgehead atoms. The highest BCUT2D eigenvalue weighted by molar-refractivity contribution is 5.89. The van der Waals surface area contributed by atoms with Crippen LogP contribution in [0.4, 0.5) is 10.5 Å². The lowest BCUT2D eigenvalue weighted by Gasteiger charge is -2.17. The molecule has 2 amide bonds. The molecule has 1 fully saturated rings. The highest BCUT2D eigenvalue weighted by Crippen LogP contribution is 2.23. The minimum absolute atomic E-state index is 0.0402. The summed E-state index contributed by atoms with van der Waals surface area (Å²) >= 11 is 0. The molecule has 108 valence electrons. The molecule has 1 aliphatic rings. The third kappa shape index (κ3) is 3.50. The number of amides is 2. The summed E-state index contributed by atoms with van der Waals surface area (Å²) in [6.45, 7) is 5.82. The molecule has 20 heavy (non-hydrogen) atoms.